The van der Waals surface area contributed by atoms with Crippen LogP contribution in [0.2, 0.25) is 0 Å². The fourth-order valence-corrected chi connectivity index (χ4v) is 3.99. The first-order valence-corrected chi connectivity index (χ1v) is 8.60. The Balaban J connectivity index is 0.00000192. The molecule has 0 radical (unpaired) electrons. The van der Waals surface area contributed by atoms with Crippen molar-refractivity contribution < 1.29 is 0 Å². The van der Waals surface area contributed by atoms with Gasteiger partial charge in [0, 0.05) is 32.2 Å². The molecule has 2 atom stereocenters. The second-order valence-corrected chi connectivity index (χ2v) is 6.49. The lowest BCUT2D eigenvalue weighted by atomic mass is 9.83. The number of benzene rings is 1. The average Bonchev–Trinajstić information content (AvgIpc) is 2.56. The molecule has 0 aliphatic carbocycles. The fourth-order valence-electron chi connectivity index (χ4n) is 3.99. The molecule has 3 rings (SSSR count). The summed E-state index contributed by atoms with van der Waals surface area (Å²) in [5.41, 5.74) is 7.53. The van der Waals surface area contributed by atoms with Gasteiger partial charge < -0.3 is 10.6 Å². The van der Waals surface area contributed by atoms with Gasteiger partial charge in [0.2, 0.25) is 0 Å². The van der Waals surface area contributed by atoms with E-state index >= 15 is 0 Å². The van der Waals surface area contributed by atoms with Crippen LogP contribution in [-0.4, -0.2) is 48.0 Å². The lowest BCUT2D eigenvalue weighted by Gasteiger charge is -2.47. The Morgan fingerprint density at radius 3 is 2.74 bits per heavy atom. The van der Waals surface area contributed by atoms with E-state index in [9.17, 15) is 0 Å². The minimum Gasteiger partial charge on any atom is -0.370 e. The van der Waals surface area contributed by atoms with Gasteiger partial charge in [-0.05, 0) is 44.2 Å². The number of piperidine rings is 2. The Hall–Kier alpha value is -0.820. The van der Waals surface area contributed by atoms with Crippen molar-refractivity contribution in [1.82, 2.24) is 9.80 Å². The third-order valence-electron chi connectivity index (χ3n) is 5.06. The van der Waals surface area contributed by atoms with Crippen LogP contribution in [0, 0.1) is 5.92 Å². The monoisotopic (exact) mass is 428 g/mol. The van der Waals surface area contributed by atoms with Gasteiger partial charge in [0.25, 0.3) is 0 Å². The van der Waals surface area contributed by atoms with E-state index in [4.69, 9.17) is 5.73 Å². The highest BCUT2D eigenvalue weighted by molar-refractivity contribution is 14.0. The number of rotatable bonds is 3. The summed E-state index contributed by atoms with van der Waals surface area (Å²) in [6.45, 7) is 7.25. The first-order chi connectivity index (χ1) is 10.8. The second kappa shape index (κ2) is 8.87. The third-order valence-corrected chi connectivity index (χ3v) is 5.06. The lowest BCUT2D eigenvalue weighted by Crippen LogP contribution is -2.56. The summed E-state index contributed by atoms with van der Waals surface area (Å²) in [4.78, 5) is 9.36. The molecule has 2 N–H and O–H groups in total. The molecule has 2 fully saturated rings. The van der Waals surface area contributed by atoms with E-state index in [0.29, 0.717) is 6.04 Å². The summed E-state index contributed by atoms with van der Waals surface area (Å²) in [6, 6.07) is 11.6. The number of likely N-dealkylation sites (tertiary alicyclic amines) is 2. The largest absolute Gasteiger partial charge is 0.370 e. The molecular weight excluding hydrogens is 399 g/mol. The topological polar surface area (TPSA) is 44.9 Å². The zero-order chi connectivity index (χ0) is 15.4. The number of hydrogen-bond donors (Lipinski definition) is 1. The van der Waals surface area contributed by atoms with Gasteiger partial charge in [-0.15, -0.1) is 24.0 Å². The molecule has 0 saturated carbocycles. The van der Waals surface area contributed by atoms with Crippen LogP contribution in [0.3, 0.4) is 0 Å². The van der Waals surface area contributed by atoms with Crippen molar-refractivity contribution in [3.05, 3.63) is 35.9 Å². The standard InChI is InChI=1S/C18H28N4.HI/c1-2-20-18(19)22-12-10-17-16(14-22)9-6-11-21(17)13-15-7-4-3-5-8-15;/h3-5,7-8,16-17H,2,6,9-14H2,1H3,(H2,19,20);1H. The Kier molecular flexibility index (Phi) is 7.14. The van der Waals surface area contributed by atoms with E-state index in [0.717, 1.165) is 38.1 Å². The fraction of sp³-hybridized carbons (Fsp3) is 0.611. The highest BCUT2D eigenvalue weighted by Crippen LogP contribution is 2.31. The second-order valence-electron chi connectivity index (χ2n) is 6.49. The number of nitrogens with two attached hydrogens (primary N) is 1. The van der Waals surface area contributed by atoms with Crippen molar-refractivity contribution in [1.29, 1.82) is 0 Å². The summed E-state index contributed by atoms with van der Waals surface area (Å²) in [5.74, 6) is 1.47. The highest BCUT2D eigenvalue weighted by atomic mass is 127. The van der Waals surface area contributed by atoms with E-state index in [1.54, 1.807) is 0 Å². The molecule has 0 amide bonds. The maximum atomic E-state index is 6.10. The van der Waals surface area contributed by atoms with Crippen molar-refractivity contribution >= 4 is 29.9 Å². The summed E-state index contributed by atoms with van der Waals surface area (Å²) in [5, 5.41) is 0. The summed E-state index contributed by atoms with van der Waals surface area (Å²) < 4.78 is 0. The van der Waals surface area contributed by atoms with E-state index < -0.39 is 0 Å². The van der Waals surface area contributed by atoms with Crippen molar-refractivity contribution in [2.45, 2.75) is 38.8 Å². The van der Waals surface area contributed by atoms with Crippen LogP contribution in [0.25, 0.3) is 0 Å². The van der Waals surface area contributed by atoms with Crippen molar-refractivity contribution in [2.75, 3.05) is 26.2 Å². The van der Waals surface area contributed by atoms with E-state index in [1.807, 2.05) is 6.92 Å². The molecule has 4 nitrogen and oxygen atoms in total. The van der Waals surface area contributed by atoms with Crippen LogP contribution in [0.15, 0.2) is 35.3 Å². The van der Waals surface area contributed by atoms with E-state index in [-0.39, 0.29) is 24.0 Å². The van der Waals surface area contributed by atoms with Crippen LogP contribution >= 0.6 is 24.0 Å². The maximum Gasteiger partial charge on any atom is 0.191 e. The molecule has 2 aliphatic heterocycles. The zero-order valence-corrected chi connectivity index (χ0v) is 16.4. The first kappa shape index (κ1) is 18.5. The molecule has 2 heterocycles. The van der Waals surface area contributed by atoms with Crippen LogP contribution < -0.4 is 5.73 Å². The Labute approximate surface area is 157 Å². The number of nitrogens with zero attached hydrogens (tertiary/aromatic N) is 3. The van der Waals surface area contributed by atoms with Crippen molar-refractivity contribution in [2.24, 2.45) is 16.6 Å². The number of hydrogen-bond acceptors (Lipinski definition) is 2. The number of fused-ring (bicyclic) bond motifs is 1. The molecule has 2 unspecified atom stereocenters. The number of aliphatic imine (C=N–C) groups is 1. The maximum absolute atomic E-state index is 6.10. The normalized spacial score (nSPS) is 25.6. The zero-order valence-electron chi connectivity index (χ0n) is 14.0. The Bertz CT molecular complexity index is 505. The molecule has 0 spiro atoms. The van der Waals surface area contributed by atoms with Crippen molar-refractivity contribution in [3.8, 4) is 0 Å². The quantitative estimate of drug-likeness (QED) is 0.458. The molecule has 1 aromatic rings. The van der Waals surface area contributed by atoms with Crippen LogP contribution in [0.5, 0.6) is 0 Å². The molecular formula is C18H29IN4. The molecule has 0 bridgehead atoms. The minimum absolute atomic E-state index is 0. The summed E-state index contributed by atoms with van der Waals surface area (Å²) >= 11 is 0. The van der Waals surface area contributed by atoms with E-state index in [2.05, 4.69) is 45.1 Å². The molecule has 0 aromatic heterocycles. The van der Waals surface area contributed by atoms with Gasteiger partial charge >= 0.3 is 0 Å². The van der Waals surface area contributed by atoms with Gasteiger partial charge in [0.05, 0.1) is 0 Å². The predicted octanol–water partition coefficient (Wildman–Crippen LogP) is 2.93. The molecule has 1 aromatic carbocycles. The summed E-state index contributed by atoms with van der Waals surface area (Å²) in [6.07, 6.45) is 3.83. The molecule has 23 heavy (non-hydrogen) atoms. The first-order valence-electron chi connectivity index (χ1n) is 8.60. The number of guanidine groups is 1. The molecule has 5 heteroatoms. The molecule has 128 valence electrons. The lowest BCUT2D eigenvalue weighted by molar-refractivity contribution is 0.0378. The van der Waals surface area contributed by atoms with Gasteiger partial charge in [-0.3, -0.25) is 9.89 Å². The third kappa shape index (κ3) is 4.59. The van der Waals surface area contributed by atoms with Gasteiger partial charge in [0.15, 0.2) is 5.96 Å². The van der Waals surface area contributed by atoms with Gasteiger partial charge in [-0.25, -0.2) is 0 Å². The molecule has 2 aliphatic rings. The Morgan fingerprint density at radius 2 is 2.00 bits per heavy atom. The summed E-state index contributed by atoms with van der Waals surface area (Å²) in [7, 11) is 0. The van der Waals surface area contributed by atoms with Crippen LogP contribution in [-0.2, 0) is 6.54 Å². The van der Waals surface area contributed by atoms with Gasteiger partial charge in [0.1, 0.15) is 0 Å². The predicted molar refractivity (Wildman–Crippen MR) is 107 cm³/mol. The minimum atomic E-state index is 0. The average molecular weight is 428 g/mol. The smallest absolute Gasteiger partial charge is 0.191 e. The number of halogens is 1. The van der Waals surface area contributed by atoms with Crippen LogP contribution in [0.4, 0.5) is 0 Å². The Morgan fingerprint density at radius 1 is 1.22 bits per heavy atom. The van der Waals surface area contributed by atoms with Crippen molar-refractivity contribution in [3.63, 3.8) is 0 Å². The molecule has 2 saturated heterocycles. The SMILES string of the molecule is CCN=C(N)N1CCC2C(CCCN2Cc2ccccc2)C1.I. The van der Waals surface area contributed by atoms with Crippen LogP contribution in [0.1, 0.15) is 31.7 Å². The van der Waals surface area contributed by atoms with E-state index in [1.165, 1.54) is 31.4 Å². The highest BCUT2D eigenvalue weighted by Gasteiger charge is 2.36. The van der Waals surface area contributed by atoms with Gasteiger partial charge in [-0.1, -0.05) is 30.3 Å². The van der Waals surface area contributed by atoms with Gasteiger partial charge in [-0.2, -0.15) is 0 Å².